The standard InChI is InChI=1S/C15H15IN2OS/c16-14-8-11(10-20-14)15(19)17-12-4-3-5-13(9-12)18-6-1-2-7-18/h3-5,8-10H,1-2,6-7H2,(H,17,19). The normalized spacial score (nSPS) is 14.6. The van der Waals surface area contributed by atoms with Crippen LogP contribution in [0.3, 0.4) is 0 Å². The Morgan fingerprint density at radius 3 is 2.75 bits per heavy atom. The molecule has 1 fully saturated rings. The summed E-state index contributed by atoms with van der Waals surface area (Å²) in [6.07, 6.45) is 2.51. The van der Waals surface area contributed by atoms with Gasteiger partial charge in [-0.15, -0.1) is 11.3 Å². The zero-order chi connectivity index (χ0) is 13.9. The molecule has 0 unspecified atom stereocenters. The topological polar surface area (TPSA) is 32.3 Å². The lowest BCUT2D eigenvalue weighted by atomic mass is 10.2. The summed E-state index contributed by atoms with van der Waals surface area (Å²) in [4.78, 5) is 14.5. The molecule has 0 bridgehead atoms. The molecule has 5 heteroatoms. The van der Waals surface area contributed by atoms with Crippen LogP contribution in [0.5, 0.6) is 0 Å². The van der Waals surface area contributed by atoms with Crippen molar-refractivity contribution in [1.29, 1.82) is 0 Å². The summed E-state index contributed by atoms with van der Waals surface area (Å²) >= 11 is 3.81. The molecule has 1 amide bonds. The van der Waals surface area contributed by atoms with E-state index in [0.29, 0.717) is 0 Å². The van der Waals surface area contributed by atoms with Gasteiger partial charge in [-0.25, -0.2) is 0 Å². The highest BCUT2D eigenvalue weighted by molar-refractivity contribution is 14.1. The predicted octanol–water partition coefficient (Wildman–Crippen LogP) is 4.21. The average Bonchev–Trinajstić information content (AvgIpc) is 3.10. The number of nitrogens with one attached hydrogen (secondary N) is 1. The maximum absolute atomic E-state index is 12.1. The molecular formula is C15H15IN2OS. The number of carbonyl (C=O) groups excluding carboxylic acids is 1. The molecule has 0 saturated carbocycles. The van der Waals surface area contributed by atoms with E-state index in [2.05, 4.69) is 44.9 Å². The van der Waals surface area contributed by atoms with Crippen LogP contribution in [0, 0.1) is 2.88 Å². The Morgan fingerprint density at radius 1 is 1.25 bits per heavy atom. The van der Waals surface area contributed by atoms with Crippen molar-refractivity contribution in [2.75, 3.05) is 23.3 Å². The number of nitrogens with zero attached hydrogens (tertiary/aromatic N) is 1. The zero-order valence-electron chi connectivity index (χ0n) is 10.9. The number of benzene rings is 1. The van der Waals surface area contributed by atoms with E-state index < -0.39 is 0 Å². The monoisotopic (exact) mass is 398 g/mol. The molecule has 1 saturated heterocycles. The van der Waals surface area contributed by atoms with Crippen LogP contribution in [0.1, 0.15) is 23.2 Å². The summed E-state index contributed by atoms with van der Waals surface area (Å²) in [5.74, 6) is -0.0391. The van der Waals surface area contributed by atoms with Gasteiger partial charge in [0.15, 0.2) is 0 Å². The first-order valence-electron chi connectivity index (χ1n) is 6.63. The molecule has 3 rings (SSSR count). The Kier molecular flexibility index (Phi) is 4.26. The molecular weight excluding hydrogens is 383 g/mol. The van der Waals surface area contributed by atoms with Gasteiger partial charge in [0.1, 0.15) is 0 Å². The summed E-state index contributed by atoms with van der Waals surface area (Å²) < 4.78 is 1.12. The van der Waals surface area contributed by atoms with Crippen molar-refractivity contribution in [2.45, 2.75) is 12.8 Å². The van der Waals surface area contributed by atoms with E-state index in [-0.39, 0.29) is 5.91 Å². The first kappa shape index (κ1) is 13.9. The molecule has 0 spiro atoms. The molecule has 0 aliphatic carbocycles. The highest BCUT2D eigenvalue weighted by Gasteiger charge is 2.13. The molecule has 3 nitrogen and oxygen atoms in total. The van der Waals surface area contributed by atoms with E-state index in [1.807, 2.05) is 23.6 Å². The van der Waals surface area contributed by atoms with Gasteiger partial charge in [0.25, 0.3) is 5.91 Å². The Morgan fingerprint density at radius 2 is 2.05 bits per heavy atom. The summed E-state index contributed by atoms with van der Waals surface area (Å²) in [5, 5.41) is 4.86. The average molecular weight is 398 g/mol. The molecule has 2 heterocycles. The van der Waals surface area contributed by atoms with Crippen LogP contribution in [-0.2, 0) is 0 Å². The van der Waals surface area contributed by atoms with E-state index >= 15 is 0 Å². The van der Waals surface area contributed by atoms with Crippen LogP contribution in [0.4, 0.5) is 11.4 Å². The molecule has 1 N–H and O–H groups in total. The molecule has 0 radical (unpaired) electrons. The van der Waals surface area contributed by atoms with Crippen molar-refractivity contribution in [1.82, 2.24) is 0 Å². The van der Waals surface area contributed by atoms with Crippen molar-refractivity contribution >= 4 is 51.2 Å². The highest BCUT2D eigenvalue weighted by Crippen LogP contribution is 2.24. The molecule has 0 atom stereocenters. The maximum atomic E-state index is 12.1. The first-order valence-corrected chi connectivity index (χ1v) is 8.58. The molecule has 20 heavy (non-hydrogen) atoms. The summed E-state index contributed by atoms with van der Waals surface area (Å²) in [5.41, 5.74) is 2.78. The van der Waals surface area contributed by atoms with Crippen molar-refractivity contribution < 1.29 is 4.79 Å². The Balaban J connectivity index is 1.74. The fourth-order valence-electron chi connectivity index (χ4n) is 2.39. The van der Waals surface area contributed by atoms with Crippen molar-refractivity contribution in [3.8, 4) is 0 Å². The fraction of sp³-hybridized carbons (Fsp3) is 0.267. The Bertz CT molecular complexity index is 620. The predicted molar refractivity (Wildman–Crippen MR) is 92.9 cm³/mol. The molecule has 1 aromatic heterocycles. The maximum Gasteiger partial charge on any atom is 0.256 e. The molecule has 1 aliphatic heterocycles. The third-order valence-corrected chi connectivity index (χ3v) is 5.19. The Labute approximate surface area is 136 Å². The number of carbonyl (C=O) groups is 1. The third-order valence-electron chi connectivity index (χ3n) is 3.40. The largest absolute Gasteiger partial charge is 0.371 e. The lowest BCUT2D eigenvalue weighted by molar-refractivity contribution is 0.102. The number of halogens is 1. The van der Waals surface area contributed by atoms with E-state index in [1.54, 1.807) is 11.3 Å². The van der Waals surface area contributed by atoms with E-state index in [0.717, 1.165) is 27.2 Å². The van der Waals surface area contributed by atoms with Crippen LogP contribution >= 0.6 is 33.9 Å². The van der Waals surface area contributed by atoms with Gasteiger partial charge in [-0.2, -0.15) is 0 Å². The van der Waals surface area contributed by atoms with Gasteiger partial charge >= 0.3 is 0 Å². The quantitative estimate of drug-likeness (QED) is 0.786. The molecule has 1 aromatic carbocycles. The van der Waals surface area contributed by atoms with Crippen molar-refractivity contribution in [3.05, 3.63) is 44.2 Å². The van der Waals surface area contributed by atoms with Crippen molar-refractivity contribution in [3.63, 3.8) is 0 Å². The number of thiophene rings is 1. The van der Waals surface area contributed by atoms with Crippen LogP contribution in [0.15, 0.2) is 35.7 Å². The van der Waals surface area contributed by atoms with Gasteiger partial charge in [0.05, 0.1) is 8.45 Å². The lowest BCUT2D eigenvalue weighted by Gasteiger charge is -2.18. The van der Waals surface area contributed by atoms with E-state index in [4.69, 9.17) is 0 Å². The van der Waals surface area contributed by atoms with Gasteiger partial charge in [-0.3, -0.25) is 4.79 Å². The number of rotatable bonds is 3. The second kappa shape index (κ2) is 6.13. The van der Waals surface area contributed by atoms with Gasteiger partial charge in [-0.1, -0.05) is 6.07 Å². The minimum Gasteiger partial charge on any atom is -0.371 e. The summed E-state index contributed by atoms with van der Waals surface area (Å²) in [6.45, 7) is 2.22. The zero-order valence-corrected chi connectivity index (χ0v) is 13.9. The van der Waals surface area contributed by atoms with Crippen LogP contribution in [0.2, 0.25) is 0 Å². The SMILES string of the molecule is O=C(Nc1cccc(N2CCCC2)c1)c1csc(I)c1. The van der Waals surface area contributed by atoms with E-state index in [9.17, 15) is 4.79 Å². The second-order valence-electron chi connectivity index (χ2n) is 4.84. The van der Waals surface area contributed by atoms with Gasteiger partial charge in [-0.05, 0) is 59.7 Å². The smallest absolute Gasteiger partial charge is 0.256 e. The fourth-order valence-corrected chi connectivity index (χ4v) is 3.71. The second-order valence-corrected chi connectivity index (χ2v) is 7.64. The van der Waals surface area contributed by atoms with Gasteiger partial charge < -0.3 is 10.2 Å². The molecule has 104 valence electrons. The van der Waals surface area contributed by atoms with E-state index in [1.165, 1.54) is 18.5 Å². The van der Waals surface area contributed by atoms with Crippen LogP contribution in [-0.4, -0.2) is 19.0 Å². The highest BCUT2D eigenvalue weighted by atomic mass is 127. The summed E-state index contributed by atoms with van der Waals surface area (Å²) in [7, 11) is 0. The third kappa shape index (κ3) is 3.15. The molecule has 1 aliphatic rings. The number of amides is 1. The lowest BCUT2D eigenvalue weighted by Crippen LogP contribution is -2.18. The van der Waals surface area contributed by atoms with Crippen molar-refractivity contribution in [2.24, 2.45) is 0 Å². The number of hydrogen-bond donors (Lipinski definition) is 1. The Hall–Kier alpha value is -1.08. The van der Waals surface area contributed by atoms with Crippen LogP contribution in [0.25, 0.3) is 0 Å². The minimum atomic E-state index is -0.0391. The number of hydrogen-bond acceptors (Lipinski definition) is 3. The number of anilines is 2. The minimum absolute atomic E-state index is 0.0391. The van der Waals surface area contributed by atoms with Gasteiger partial charge in [0, 0.05) is 29.8 Å². The van der Waals surface area contributed by atoms with Crippen LogP contribution < -0.4 is 10.2 Å². The van der Waals surface area contributed by atoms with Gasteiger partial charge in [0.2, 0.25) is 0 Å². The first-order chi connectivity index (χ1) is 9.72. The summed E-state index contributed by atoms with van der Waals surface area (Å²) in [6, 6.07) is 10.0. The molecule has 2 aromatic rings.